The molecule has 0 spiro atoms. The van der Waals surface area contributed by atoms with Crippen molar-refractivity contribution in [1.29, 1.82) is 0 Å². The van der Waals surface area contributed by atoms with Crippen molar-refractivity contribution in [2.24, 2.45) is 5.73 Å². The van der Waals surface area contributed by atoms with Gasteiger partial charge in [0.25, 0.3) is 0 Å². The average molecular weight is 302 g/mol. The molecule has 6 heteroatoms. The molecule has 118 valence electrons. The summed E-state index contributed by atoms with van der Waals surface area (Å²) in [5, 5.41) is 0. The van der Waals surface area contributed by atoms with Gasteiger partial charge in [0.15, 0.2) is 0 Å². The van der Waals surface area contributed by atoms with Crippen LogP contribution >= 0.6 is 0 Å². The quantitative estimate of drug-likeness (QED) is 0.929. The number of halogens is 3. The fourth-order valence-electron chi connectivity index (χ4n) is 2.61. The Morgan fingerprint density at radius 1 is 1.24 bits per heavy atom. The van der Waals surface area contributed by atoms with Crippen molar-refractivity contribution in [3.05, 3.63) is 35.4 Å². The van der Waals surface area contributed by atoms with Gasteiger partial charge in [0, 0.05) is 31.8 Å². The SMILES string of the molecule is CN(CC(N)c1ccc(C(F)(F)F)cc1)C1CCOCC1. The summed E-state index contributed by atoms with van der Waals surface area (Å²) in [4.78, 5) is 2.17. The maximum absolute atomic E-state index is 12.5. The molecule has 1 aliphatic heterocycles. The Morgan fingerprint density at radius 2 is 1.81 bits per heavy atom. The monoisotopic (exact) mass is 302 g/mol. The summed E-state index contributed by atoms with van der Waals surface area (Å²) >= 11 is 0. The first kappa shape index (κ1) is 16.3. The third-order valence-electron chi connectivity index (χ3n) is 3.97. The summed E-state index contributed by atoms with van der Waals surface area (Å²) in [6.07, 6.45) is -2.37. The van der Waals surface area contributed by atoms with Gasteiger partial charge in [0.05, 0.1) is 5.56 Å². The predicted octanol–water partition coefficient (Wildman–Crippen LogP) is 2.82. The Bertz CT molecular complexity index is 441. The molecule has 1 aromatic rings. The van der Waals surface area contributed by atoms with Crippen molar-refractivity contribution in [2.75, 3.05) is 26.8 Å². The van der Waals surface area contributed by atoms with Crippen LogP contribution in [-0.2, 0) is 10.9 Å². The molecule has 0 radical (unpaired) electrons. The molecule has 1 heterocycles. The maximum atomic E-state index is 12.5. The van der Waals surface area contributed by atoms with Crippen molar-refractivity contribution >= 4 is 0 Å². The fraction of sp³-hybridized carbons (Fsp3) is 0.600. The van der Waals surface area contributed by atoms with E-state index < -0.39 is 11.7 Å². The largest absolute Gasteiger partial charge is 0.416 e. The number of benzene rings is 1. The number of hydrogen-bond donors (Lipinski definition) is 1. The second-order valence-electron chi connectivity index (χ2n) is 5.51. The van der Waals surface area contributed by atoms with E-state index in [4.69, 9.17) is 10.5 Å². The zero-order valence-corrected chi connectivity index (χ0v) is 12.1. The van der Waals surface area contributed by atoms with Crippen molar-refractivity contribution in [2.45, 2.75) is 31.1 Å². The van der Waals surface area contributed by atoms with Crippen LogP contribution < -0.4 is 5.73 Å². The molecule has 1 unspecified atom stereocenters. The fourth-order valence-corrected chi connectivity index (χ4v) is 2.61. The van der Waals surface area contributed by atoms with Crippen molar-refractivity contribution < 1.29 is 17.9 Å². The van der Waals surface area contributed by atoms with Gasteiger partial charge in [-0.2, -0.15) is 13.2 Å². The first-order valence-electron chi connectivity index (χ1n) is 7.08. The van der Waals surface area contributed by atoms with Gasteiger partial charge >= 0.3 is 6.18 Å². The smallest absolute Gasteiger partial charge is 0.381 e. The second kappa shape index (κ2) is 6.77. The van der Waals surface area contributed by atoms with Gasteiger partial charge in [0.2, 0.25) is 0 Å². The van der Waals surface area contributed by atoms with Gasteiger partial charge in [-0.05, 0) is 37.6 Å². The van der Waals surface area contributed by atoms with Crippen LogP contribution in [0.3, 0.4) is 0 Å². The van der Waals surface area contributed by atoms with Crippen LogP contribution in [0.5, 0.6) is 0 Å². The highest BCUT2D eigenvalue weighted by molar-refractivity contribution is 5.26. The first-order chi connectivity index (χ1) is 9.88. The van der Waals surface area contributed by atoms with Crippen LogP contribution in [0.25, 0.3) is 0 Å². The number of likely N-dealkylation sites (N-methyl/N-ethyl adjacent to an activating group) is 1. The van der Waals surface area contributed by atoms with Gasteiger partial charge < -0.3 is 15.4 Å². The molecule has 21 heavy (non-hydrogen) atoms. The van der Waals surface area contributed by atoms with Crippen LogP contribution in [0.4, 0.5) is 13.2 Å². The Balaban J connectivity index is 1.94. The van der Waals surface area contributed by atoms with Gasteiger partial charge in [-0.1, -0.05) is 12.1 Å². The summed E-state index contributed by atoms with van der Waals surface area (Å²) in [6.45, 7) is 2.13. The molecular weight excluding hydrogens is 281 g/mol. The summed E-state index contributed by atoms with van der Waals surface area (Å²) < 4.78 is 42.9. The Morgan fingerprint density at radius 3 is 2.33 bits per heavy atom. The van der Waals surface area contributed by atoms with E-state index in [0.717, 1.165) is 43.8 Å². The van der Waals surface area contributed by atoms with Crippen LogP contribution in [-0.4, -0.2) is 37.7 Å². The molecule has 1 aromatic carbocycles. The highest BCUT2D eigenvalue weighted by atomic mass is 19.4. The predicted molar refractivity (Wildman–Crippen MR) is 74.8 cm³/mol. The van der Waals surface area contributed by atoms with E-state index in [2.05, 4.69) is 4.90 Å². The van der Waals surface area contributed by atoms with Gasteiger partial charge in [0.1, 0.15) is 0 Å². The lowest BCUT2D eigenvalue weighted by Crippen LogP contribution is -2.40. The lowest BCUT2D eigenvalue weighted by Gasteiger charge is -2.32. The minimum Gasteiger partial charge on any atom is -0.381 e. The number of nitrogens with zero attached hydrogens (tertiary/aromatic N) is 1. The Hall–Kier alpha value is -1.11. The molecule has 3 nitrogen and oxygen atoms in total. The Kier molecular flexibility index (Phi) is 5.24. The highest BCUT2D eigenvalue weighted by Crippen LogP contribution is 2.29. The number of alkyl halides is 3. The standard InChI is InChI=1S/C15H21F3N2O/c1-20(13-6-8-21-9-7-13)10-14(19)11-2-4-12(5-3-11)15(16,17)18/h2-5,13-14H,6-10,19H2,1H3. The number of nitrogens with two attached hydrogens (primary N) is 1. The third kappa shape index (κ3) is 4.43. The van der Waals surface area contributed by atoms with E-state index in [9.17, 15) is 13.2 Å². The molecule has 1 aliphatic rings. The third-order valence-corrected chi connectivity index (χ3v) is 3.97. The second-order valence-corrected chi connectivity index (χ2v) is 5.51. The van der Waals surface area contributed by atoms with E-state index in [0.29, 0.717) is 12.6 Å². The molecule has 0 bridgehead atoms. The molecule has 0 aromatic heterocycles. The number of ether oxygens (including phenoxy) is 1. The van der Waals surface area contributed by atoms with E-state index >= 15 is 0 Å². The van der Waals surface area contributed by atoms with E-state index in [-0.39, 0.29) is 6.04 Å². The Labute approximate surface area is 122 Å². The van der Waals surface area contributed by atoms with E-state index in [1.54, 1.807) is 0 Å². The molecule has 0 aliphatic carbocycles. The number of rotatable bonds is 4. The molecule has 1 fully saturated rings. The normalized spacial score (nSPS) is 19.0. The van der Waals surface area contributed by atoms with Gasteiger partial charge in [-0.15, -0.1) is 0 Å². The summed E-state index contributed by atoms with van der Waals surface area (Å²) in [7, 11) is 2.00. The van der Waals surface area contributed by atoms with Crippen LogP contribution in [0.2, 0.25) is 0 Å². The highest BCUT2D eigenvalue weighted by Gasteiger charge is 2.30. The molecule has 0 amide bonds. The van der Waals surface area contributed by atoms with Crippen LogP contribution in [0.15, 0.2) is 24.3 Å². The molecular formula is C15H21F3N2O. The van der Waals surface area contributed by atoms with Crippen LogP contribution in [0.1, 0.15) is 30.0 Å². The molecule has 1 atom stereocenters. The summed E-state index contributed by atoms with van der Waals surface area (Å²) in [5.41, 5.74) is 6.19. The number of hydrogen-bond acceptors (Lipinski definition) is 3. The topological polar surface area (TPSA) is 38.5 Å². The minimum absolute atomic E-state index is 0.292. The zero-order valence-electron chi connectivity index (χ0n) is 12.1. The summed E-state index contributed by atoms with van der Waals surface area (Å²) in [5.74, 6) is 0. The minimum atomic E-state index is -4.30. The van der Waals surface area contributed by atoms with Crippen molar-refractivity contribution in [3.8, 4) is 0 Å². The van der Waals surface area contributed by atoms with Crippen molar-refractivity contribution in [1.82, 2.24) is 4.90 Å². The molecule has 0 saturated carbocycles. The van der Waals surface area contributed by atoms with Crippen LogP contribution in [0, 0.1) is 0 Å². The van der Waals surface area contributed by atoms with E-state index in [1.807, 2.05) is 7.05 Å². The lowest BCUT2D eigenvalue weighted by molar-refractivity contribution is -0.137. The average Bonchev–Trinajstić information content (AvgIpc) is 2.47. The maximum Gasteiger partial charge on any atom is 0.416 e. The molecule has 2 rings (SSSR count). The zero-order chi connectivity index (χ0) is 15.5. The first-order valence-corrected chi connectivity index (χ1v) is 7.08. The lowest BCUT2D eigenvalue weighted by atomic mass is 10.0. The molecule has 2 N–H and O–H groups in total. The van der Waals surface area contributed by atoms with Gasteiger partial charge in [-0.3, -0.25) is 0 Å². The summed E-state index contributed by atoms with van der Waals surface area (Å²) in [6, 6.07) is 5.24. The van der Waals surface area contributed by atoms with E-state index in [1.165, 1.54) is 12.1 Å². The molecule has 1 saturated heterocycles. The van der Waals surface area contributed by atoms with Crippen molar-refractivity contribution in [3.63, 3.8) is 0 Å². The van der Waals surface area contributed by atoms with Gasteiger partial charge in [-0.25, -0.2) is 0 Å².